The van der Waals surface area contributed by atoms with Crippen LogP contribution in [-0.2, 0) is 65.5 Å². The van der Waals surface area contributed by atoms with Crippen molar-refractivity contribution >= 4 is 101 Å². The minimum atomic E-state index is -5.87. The van der Waals surface area contributed by atoms with E-state index in [9.17, 15) is 70.8 Å². The van der Waals surface area contributed by atoms with Gasteiger partial charge < -0.3 is 73.8 Å². The summed E-state index contributed by atoms with van der Waals surface area (Å²) in [5, 5.41) is 13.0. The van der Waals surface area contributed by atoms with E-state index in [2.05, 4.69) is 65.6 Å². The number of fused-ring (bicyclic) bond motifs is 2. The van der Waals surface area contributed by atoms with E-state index in [1.54, 1.807) is 42.5 Å². The number of amides is 3. The minimum absolute atomic E-state index is 0.0144. The highest BCUT2D eigenvalue weighted by Crippen LogP contribution is 2.66. The lowest BCUT2D eigenvalue weighted by atomic mass is 9.92. The van der Waals surface area contributed by atoms with Crippen LogP contribution in [0.25, 0.3) is 63.8 Å². The predicted octanol–water partition coefficient (Wildman–Crippen LogP) is 7.50. The van der Waals surface area contributed by atoms with Crippen molar-refractivity contribution in [1.29, 1.82) is 0 Å². The van der Waals surface area contributed by atoms with Gasteiger partial charge in [-0.3, -0.25) is 32.8 Å². The molecule has 4 aromatic carbocycles. The average molecular weight is 1580 g/mol. The minimum Gasteiger partial charge on any atom is -0.491 e. The first kappa shape index (κ1) is 83.3. The molecule has 8 rings (SSSR count). The van der Waals surface area contributed by atoms with E-state index in [0.29, 0.717) is 40.1 Å². The molecule has 6 unspecified atom stereocenters. The lowest BCUT2D eigenvalue weighted by molar-refractivity contribution is -0.126. The maximum Gasteiger partial charge on any atom is 0.490 e. The second kappa shape index (κ2) is 39.0. The zero-order valence-corrected chi connectivity index (χ0v) is 61.4. The Labute approximate surface area is 612 Å². The number of ether oxygens (including phenoxy) is 5. The van der Waals surface area contributed by atoms with Crippen molar-refractivity contribution in [3.8, 4) is 39.3 Å². The van der Waals surface area contributed by atoms with Gasteiger partial charge in [-0.1, -0.05) is 58.5 Å². The molecule has 0 saturated carbocycles. The molecule has 4 heterocycles. The number of phosphoric acid groups is 3. The number of nitrogens with one attached hydrogen (secondary N) is 2. The Balaban J connectivity index is 0.775. The van der Waals surface area contributed by atoms with E-state index in [0.717, 1.165) is 21.2 Å². The number of hydrogen-bond acceptors (Lipinski definition) is 27. The van der Waals surface area contributed by atoms with Crippen molar-refractivity contribution < 1.29 is 107 Å². The van der Waals surface area contributed by atoms with Gasteiger partial charge in [0.15, 0.2) is 6.23 Å². The van der Waals surface area contributed by atoms with E-state index >= 15 is 0 Å². The number of carbonyl (C=O) groups is 4. The molecule has 1 aliphatic heterocycles. The summed E-state index contributed by atoms with van der Waals surface area (Å²) in [4.78, 5) is 136. The normalized spacial score (nSPS) is 15.7. The Morgan fingerprint density at radius 2 is 1.64 bits per heavy atom. The smallest absolute Gasteiger partial charge is 0.490 e. The summed E-state index contributed by atoms with van der Waals surface area (Å²) in [6.45, 7) is 2.41. The van der Waals surface area contributed by atoms with Crippen LogP contribution in [0.3, 0.4) is 0 Å². The summed E-state index contributed by atoms with van der Waals surface area (Å²) < 4.78 is 116. The first-order chi connectivity index (χ1) is 51.0. The van der Waals surface area contributed by atoms with Crippen LogP contribution in [0.1, 0.15) is 84.9 Å². The Bertz CT molecular complexity index is 4910. The lowest BCUT2D eigenvalue weighted by Gasteiger charge is -2.25. The average Bonchev–Trinajstić information content (AvgIpc) is 1.35. The molecule has 1 aliphatic rings. The van der Waals surface area contributed by atoms with Crippen LogP contribution in [0.2, 0.25) is 0 Å². The van der Waals surface area contributed by atoms with Crippen LogP contribution in [0, 0.1) is 11.8 Å². The molecule has 3 amide bonds. The third kappa shape index (κ3) is 25.1. The van der Waals surface area contributed by atoms with E-state index in [1.807, 2.05) is 50.2 Å². The number of nitrogens with zero attached hydrogens (tertiary/aromatic N) is 11. The molecule has 44 heteroatoms. The number of thiazole rings is 1. The van der Waals surface area contributed by atoms with E-state index in [4.69, 9.17) is 54.1 Å². The molecule has 107 heavy (non-hydrogen) atoms. The first-order valence-electron chi connectivity index (χ1n) is 32.5. The molecule has 1 saturated heterocycles. The van der Waals surface area contributed by atoms with Crippen LogP contribution in [-0.4, -0.2) is 179 Å². The van der Waals surface area contributed by atoms with Crippen molar-refractivity contribution in [1.82, 2.24) is 30.1 Å². The highest BCUT2D eigenvalue weighted by Gasteiger charge is 2.44. The fraction of sp³-hybridized carbons (Fsp3) is 0.397. The summed E-state index contributed by atoms with van der Waals surface area (Å²) >= 11 is 1.30. The molecule has 572 valence electrons. The third-order valence-electron chi connectivity index (χ3n) is 15.6. The van der Waals surface area contributed by atoms with Gasteiger partial charge in [0.05, 0.1) is 54.0 Å². The third-order valence-corrected chi connectivity index (χ3v) is 21.3. The number of Topliss-reactive ketones (excluding diaryl/α,β-unsaturated/α-hetero) is 1. The van der Waals surface area contributed by atoms with Crippen molar-refractivity contribution in [2.45, 2.75) is 77.0 Å². The lowest BCUT2D eigenvalue weighted by Crippen LogP contribution is -2.34. The van der Waals surface area contributed by atoms with Crippen LogP contribution in [0.15, 0.2) is 121 Å². The molecule has 3 aromatic heterocycles. The fourth-order valence-corrected chi connectivity index (χ4v) is 15.4. The molecular weight excluding hydrogens is 1510 g/mol. The number of benzene rings is 4. The highest BCUT2D eigenvalue weighted by molar-refractivity contribution is 7.85. The van der Waals surface area contributed by atoms with Crippen LogP contribution >= 0.6 is 34.8 Å². The largest absolute Gasteiger partial charge is 0.491 e. The predicted molar refractivity (Wildman–Crippen MR) is 385 cm³/mol. The number of hydrogen-bond donors (Lipinski definition) is 8. The molecule has 6 atom stereocenters. The van der Waals surface area contributed by atoms with E-state index < -0.39 is 113 Å². The molecule has 1 fully saturated rings. The van der Waals surface area contributed by atoms with Gasteiger partial charge in [-0.2, -0.15) is 22.0 Å². The van der Waals surface area contributed by atoms with Crippen LogP contribution in [0.5, 0.6) is 5.75 Å². The highest BCUT2D eigenvalue weighted by atomic mass is 32.2. The number of nitrogens with two attached hydrogens (primary N) is 1. The molecule has 0 spiro atoms. The fourth-order valence-electron chi connectivity index (χ4n) is 10.8. The molecule has 7 aromatic rings. The second-order valence-electron chi connectivity index (χ2n) is 23.0. The summed E-state index contributed by atoms with van der Waals surface area (Å²) in [7, 11) is -21.6. The monoisotopic (exact) mass is 1580 g/mol. The Kier molecular flexibility index (Phi) is 30.4. The molecule has 0 radical (unpaired) electrons. The van der Waals surface area contributed by atoms with Crippen LogP contribution < -0.4 is 37.3 Å². The zero-order valence-electron chi connectivity index (χ0n) is 57.0. The number of rotatable bonds is 41. The molecular formula is C63H73N14O25P3S2. The zero-order chi connectivity index (χ0) is 77.5. The maximum atomic E-state index is 14.9. The summed E-state index contributed by atoms with van der Waals surface area (Å²) in [6, 6.07) is 25.7. The SMILES string of the molecule is CCN(CC)c1ccc2c(-c3ccccc3C(=O)N(CCCC(=O)CCCNC(=O)c3cccc(OCC(N=[N+]=[N-])OCCOCC(=O)NCC#Cc4cn(C5CC(OCN=[N+]=[N-])C(COP(=O)(O)OP(=O)(O)OP(=O)(O)O)O5)c(=O)nc4N)c3)CCCS(=O)(=O)O)c(-c3nc4ccccc4s3)c(=O)oc2c1. The van der Waals surface area contributed by atoms with Gasteiger partial charge in [0, 0.05) is 102 Å². The second-order valence-corrected chi connectivity index (χ2v) is 30.0. The van der Waals surface area contributed by atoms with Crippen molar-refractivity contribution in [2.24, 2.45) is 10.2 Å². The topological polar surface area (TPSA) is 561 Å². The summed E-state index contributed by atoms with van der Waals surface area (Å²) in [5.41, 5.74) is 25.2. The van der Waals surface area contributed by atoms with Gasteiger partial charge in [0.1, 0.15) is 65.8 Å². The number of aromatic nitrogens is 3. The van der Waals surface area contributed by atoms with Gasteiger partial charge >= 0.3 is 34.8 Å². The van der Waals surface area contributed by atoms with Crippen molar-refractivity contribution in [3.05, 3.63) is 156 Å². The first-order valence-corrected chi connectivity index (χ1v) is 39.4. The van der Waals surface area contributed by atoms with Crippen molar-refractivity contribution in [3.63, 3.8) is 0 Å². The number of nitrogen functional groups attached to an aromatic ring is 1. The van der Waals surface area contributed by atoms with Gasteiger partial charge in [-0.15, -0.1) is 11.3 Å². The molecule has 9 N–H and O–H groups in total. The van der Waals surface area contributed by atoms with Gasteiger partial charge in [0.2, 0.25) is 5.91 Å². The van der Waals surface area contributed by atoms with Crippen LogP contribution in [0.4, 0.5) is 11.5 Å². The number of carbonyl (C=O) groups excluding carboxylic acids is 4. The van der Waals surface area contributed by atoms with Gasteiger partial charge in [-0.25, -0.2) is 28.3 Å². The molecule has 39 nitrogen and oxygen atoms in total. The Morgan fingerprint density at radius 3 is 2.37 bits per heavy atom. The number of phosphoric ester groups is 1. The Hall–Kier alpha value is -9.32. The van der Waals surface area contributed by atoms with Crippen molar-refractivity contribution in [2.75, 3.05) is 95.4 Å². The van der Waals surface area contributed by atoms with Gasteiger partial charge in [0.25, 0.3) is 21.9 Å². The summed E-state index contributed by atoms with van der Waals surface area (Å²) in [5.74, 6) is 2.69. The quantitative estimate of drug-likeness (QED) is 0.00268. The Morgan fingerprint density at radius 1 is 0.888 bits per heavy atom. The van der Waals surface area contributed by atoms with E-state index in [1.165, 1.54) is 28.4 Å². The molecule has 0 aliphatic carbocycles. The molecule has 0 bridgehead atoms. The maximum absolute atomic E-state index is 14.9. The van der Waals surface area contributed by atoms with Gasteiger partial charge in [-0.05, 0) is 98.3 Å². The van der Waals surface area contributed by atoms with E-state index in [-0.39, 0.29) is 130 Å². The number of azide groups is 2. The number of anilines is 2. The number of para-hydroxylation sites is 1. The number of ketones is 1. The standard InChI is InChI=1S/C63H73N14O25P3S2/c1-3-75(4-2)42-23-24-47-49(33-42)100-62(82)57(60-70-48-21-7-8-22-52(48)106-60)56(47)45-19-5-6-20-46(45)61(81)76(28-13-31-107(91,92)93)27-12-17-43(78)16-11-26-68-59(80)40-14-9-18-44(32-40)96-38-54(72-74-66)95-30-29-94-37-53(79)67-25-10-15-41-35-77(63(83)71-58(41)64)55-34-50(97-39-69-73-65)51(99-55)36-98-104(87,88)102-105(89,90)101-103(84,85)86/h5-9,14,18-24,32-33,35,50-51,54-55H,3-4,11-13,16-17,25-31,34,36-39H2,1-2H3,(H,67,79)(H,68,80)(H,87,88)(H,89,90)(H2,64,71,83)(H2,84,85,86)(H,91,92,93). The summed E-state index contributed by atoms with van der Waals surface area (Å²) in [6.07, 6.45) is -3.78.